The van der Waals surface area contributed by atoms with E-state index in [-0.39, 0.29) is 11.2 Å². The van der Waals surface area contributed by atoms with Crippen LogP contribution < -0.4 is 0 Å². The summed E-state index contributed by atoms with van der Waals surface area (Å²) >= 11 is 0. The van der Waals surface area contributed by atoms with Gasteiger partial charge >= 0.3 is 0 Å². The van der Waals surface area contributed by atoms with Crippen LogP contribution >= 0.6 is 0 Å². The molecule has 3 aliphatic rings. The Labute approximate surface area is 172 Å². The number of fused-ring (bicyclic) bond motifs is 5. The highest BCUT2D eigenvalue weighted by atomic mass is 19.1. The van der Waals surface area contributed by atoms with Gasteiger partial charge in [-0.1, -0.05) is 37.3 Å². The Bertz CT molecular complexity index is 950. The van der Waals surface area contributed by atoms with E-state index in [9.17, 15) is 14.6 Å². The number of hydrogen-bond donors (Lipinski definition) is 2. The summed E-state index contributed by atoms with van der Waals surface area (Å²) in [5.41, 5.74) is 2.70. The lowest BCUT2D eigenvalue weighted by molar-refractivity contribution is -0.0705. The molecule has 3 aliphatic carbocycles. The zero-order chi connectivity index (χ0) is 20.2. The molecule has 2 aromatic carbocycles. The Hall–Kier alpha value is -2.13. The van der Waals surface area contributed by atoms with E-state index in [1.807, 2.05) is 24.3 Å². The van der Waals surface area contributed by atoms with E-state index in [0.29, 0.717) is 23.5 Å². The lowest BCUT2D eigenvalue weighted by atomic mass is 9.53. The van der Waals surface area contributed by atoms with Crippen molar-refractivity contribution < 1.29 is 14.6 Å². The molecule has 2 nitrogen and oxygen atoms in total. The molecule has 0 aliphatic heterocycles. The van der Waals surface area contributed by atoms with E-state index in [4.69, 9.17) is 0 Å². The van der Waals surface area contributed by atoms with Gasteiger partial charge in [0.1, 0.15) is 11.6 Å². The summed E-state index contributed by atoms with van der Waals surface area (Å²) in [6, 6.07) is 12.3. The van der Waals surface area contributed by atoms with Crippen molar-refractivity contribution in [2.24, 2.45) is 17.3 Å². The van der Waals surface area contributed by atoms with Gasteiger partial charge in [-0.15, -0.1) is 0 Å². The van der Waals surface area contributed by atoms with Crippen molar-refractivity contribution >= 4 is 6.08 Å². The van der Waals surface area contributed by atoms with Crippen LogP contribution in [0.1, 0.15) is 61.6 Å². The number of benzene rings is 2. The first-order valence-electron chi connectivity index (χ1n) is 10.9. The maximum atomic E-state index is 13.2. The molecule has 0 bridgehead atoms. The largest absolute Gasteiger partial charge is 0.508 e. The molecule has 3 heteroatoms. The van der Waals surface area contributed by atoms with Gasteiger partial charge in [0.05, 0.1) is 5.60 Å². The summed E-state index contributed by atoms with van der Waals surface area (Å²) in [6.45, 7) is 2.28. The average molecular weight is 393 g/mol. The predicted molar refractivity (Wildman–Crippen MR) is 113 cm³/mol. The lowest BCUT2D eigenvalue weighted by Crippen LogP contribution is -2.49. The minimum Gasteiger partial charge on any atom is -0.508 e. The van der Waals surface area contributed by atoms with Crippen molar-refractivity contribution in [3.63, 3.8) is 0 Å². The fraction of sp³-hybridized carbons (Fsp3) is 0.462. The fourth-order valence-electron chi connectivity index (χ4n) is 6.70. The maximum Gasteiger partial charge on any atom is 0.123 e. The third kappa shape index (κ3) is 2.93. The van der Waals surface area contributed by atoms with Gasteiger partial charge < -0.3 is 10.2 Å². The molecule has 0 saturated heterocycles. The molecule has 2 aromatic rings. The molecular formula is C26H29FO2. The molecule has 0 heterocycles. The third-order valence-electron chi connectivity index (χ3n) is 8.35. The third-order valence-corrected chi connectivity index (χ3v) is 8.35. The number of aliphatic hydroxyl groups is 1. The van der Waals surface area contributed by atoms with Gasteiger partial charge in [-0.2, -0.15) is 0 Å². The van der Waals surface area contributed by atoms with Crippen molar-refractivity contribution in [2.45, 2.75) is 57.0 Å². The molecule has 0 amide bonds. The molecule has 152 valence electrons. The molecule has 2 N–H and O–H groups in total. The molecule has 2 saturated carbocycles. The topological polar surface area (TPSA) is 40.5 Å². The molecule has 0 aromatic heterocycles. The van der Waals surface area contributed by atoms with Crippen molar-refractivity contribution in [3.05, 3.63) is 71.0 Å². The van der Waals surface area contributed by atoms with Crippen LogP contribution in [0.5, 0.6) is 5.75 Å². The van der Waals surface area contributed by atoms with E-state index >= 15 is 0 Å². The number of aryl methyl sites for hydroxylation is 1. The van der Waals surface area contributed by atoms with Crippen LogP contribution in [0, 0.1) is 23.1 Å². The predicted octanol–water partition coefficient (Wildman–Crippen LogP) is 5.83. The molecule has 0 radical (unpaired) electrons. The summed E-state index contributed by atoms with van der Waals surface area (Å²) in [5, 5.41) is 21.5. The fourth-order valence-corrected chi connectivity index (χ4v) is 6.70. The second-order valence-corrected chi connectivity index (χ2v) is 9.60. The number of phenols is 1. The summed E-state index contributed by atoms with van der Waals surface area (Å²) in [7, 11) is 0. The molecule has 2 fully saturated rings. The zero-order valence-corrected chi connectivity index (χ0v) is 16.9. The summed E-state index contributed by atoms with van der Waals surface area (Å²) in [6.07, 6.45) is 10.0. The zero-order valence-electron chi connectivity index (χ0n) is 16.9. The first-order valence-corrected chi connectivity index (χ1v) is 10.9. The van der Waals surface area contributed by atoms with Gasteiger partial charge in [-0.3, -0.25) is 0 Å². The van der Waals surface area contributed by atoms with Gasteiger partial charge in [-0.05, 0) is 97.2 Å². The van der Waals surface area contributed by atoms with Crippen molar-refractivity contribution in [1.29, 1.82) is 0 Å². The highest BCUT2D eigenvalue weighted by Crippen LogP contribution is 2.64. The number of aromatic hydroxyl groups is 1. The lowest BCUT2D eigenvalue weighted by Gasteiger charge is -2.52. The van der Waals surface area contributed by atoms with Crippen LogP contribution in [-0.4, -0.2) is 15.8 Å². The maximum absolute atomic E-state index is 13.2. The number of phenolic OH excluding ortho intramolecular Hbond substituents is 1. The Morgan fingerprint density at radius 2 is 1.83 bits per heavy atom. The second kappa shape index (κ2) is 6.70. The number of hydrogen-bond acceptors (Lipinski definition) is 2. The quantitative estimate of drug-likeness (QED) is 0.675. The minimum atomic E-state index is -0.813. The number of rotatable bonds is 2. The van der Waals surface area contributed by atoms with Crippen LogP contribution in [-0.2, 0) is 6.42 Å². The smallest absolute Gasteiger partial charge is 0.123 e. The minimum absolute atomic E-state index is 0.126. The molecule has 5 rings (SSSR count). The van der Waals surface area contributed by atoms with Gasteiger partial charge in [-0.25, -0.2) is 4.39 Å². The van der Waals surface area contributed by atoms with E-state index in [2.05, 4.69) is 13.0 Å². The average Bonchev–Trinajstić information content (AvgIpc) is 2.98. The summed E-state index contributed by atoms with van der Waals surface area (Å²) < 4.78 is 13.2. The Morgan fingerprint density at radius 1 is 1.03 bits per heavy atom. The highest BCUT2D eigenvalue weighted by molar-refractivity contribution is 5.51. The van der Waals surface area contributed by atoms with Crippen LogP contribution in [0.25, 0.3) is 6.08 Å². The van der Waals surface area contributed by atoms with E-state index in [0.717, 1.165) is 44.1 Å². The van der Waals surface area contributed by atoms with Crippen LogP contribution in [0.4, 0.5) is 4.39 Å². The van der Waals surface area contributed by atoms with Crippen LogP contribution in [0.3, 0.4) is 0 Å². The Morgan fingerprint density at radius 3 is 2.62 bits per heavy atom. The summed E-state index contributed by atoms with van der Waals surface area (Å²) in [5.74, 6) is 1.77. The standard InChI is InChI=1S/C26H29FO2/c1-25-13-11-22-21-9-7-20(28)16-18(21)4-8-23(22)24(25)12-15-26(25,29)14-10-17-2-5-19(27)6-3-17/h2-3,5-7,9-10,14,16,22-24,28-29H,4,8,11-13,15H2,1H3/b14-10-/t22-,23-,24+,25+,26+/m1/s1. The highest BCUT2D eigenvalue weighted by Gasteiger charge is 2.60. The normalized spacial score (nSPS) is 35.9. The molecule has 0 spiro atoms. The van der Waals surface area contributed by atoms with Gasteiger partial charge in [0.25, 0.3) is 0 Å². The van der Waals surface area contributed by atoms with Gasteiger partial charge in [0.2, 0.25) is 0 Å². The molecular weight excluding hydrogens is 363 g/mol. The SMILES string of the molecule is C[C@]12CC[C@@H]3c4ccc(O)cc4CC[C@H]3[C@@H]1CC[C@@]2(O)/C=C\c1ccc(F)cc1. The van der Waals surface area contributed by atoms with Crippen molar-refractivity contribution in [3.8, 4) is 5.75 Å². The first kappa shape index (κ1) is 18.9. The monoisotopic (exact) mass is 392 g/mol. The van der Waals surface area contributed by atoms with Gasteiger partial charge in [0.15, 0.2) is 0 Å². The van der Waals surface area contributed by atoms with E-state index < -0.39 is 5.60 Å². The first-order chi connectivity index (χ1) is 13.9. The molecule has 0 unspecified atom stereocenters. The van der Waals surface area contributed by atoms with Gasteiger partial charge in [0, 0.05) is 5.41 Å². The molecule has 5 atom stereocenters. The van der Waals surface area contributed by atoms with Crippen molar-refractivity contribution in [1.82, 2.24) is 0 Å². The summed E-state index contributed by atoms with van der Waals surface area (Å²) in [4.78, 5) is 0. The second-order valence-electron chi connectivity index (χ2n) is 9.60. The van der Waals surface area contributed by atoms with E-state index in [1.54, 1.807) is 12.1 Å². The Balaban J connectivity index is 1.42. The Kier molecular flexibility index (Phi) is 4.36. The number of halogens is 1. The van der Waals surface area contributed by atoms with Crippen LogP contribution in [0.15, 0.2) is 48.5 Å². The molecule has 29 heavy (non-hydrogen) atoms. The van der Waals surface area contributed by atoms with E-state index in [1.165, 1.54) is 23.3 Å². The van der Waals surface area contributed by atoms with Crippen molar-refractivity contribution in [2.75, 3.05) is 0 Å². The van der Waals surface area contributed by atoms with Crippen LogP contribution in [0.2, 0.25) is 0 Å².